The van der Waals surface area contributed by atoms with E-state index >= 15 is 0 Å². The molecule has 7 heteroatoms. The Balaban J connectivity index is 2.27. The maximum Gasteiger partial charge on any atom is 0.325 e. The number of aliphatic imine (C=N–C) groups is 1. The summed E-state index contributed by atoms with van der Waals surface area (Å²) >= 11 is 0. The fourth-order valence-electron chi connectivity index (χ4n) is 2.57. The number of urea groups is 1. The van der Waals surface area contributed by atoms with Gasteiger partial charge in [0.25, 0.3) is 5.91 Å². The number of carbonyl (C=O) groups is 2. The lowest BCUT2D eigenvalue weighted by Gasteiger charge is -2.19. The highest BCUT2D eigenvalue weighted by molar-refractivity contribution is 6.06. The predicted octanol–water partition coefficient (Wildman–Crippen LogP) is 1.70. The van der Waals surface area contributed by atoms with Gasteiger partial charge < -0.3 is 16.0 Å². The van der Waals surface area contributed by atoms with Gasteiger partial charge in [0.05, 0.1) is 0 Å². The Morgan fingerprint density at radius 1 is 1.25 bits per heavy atom. The quantitative estimate of drug-likeness (QED) is 0.258. The summed E-state index contributed by atoms with van der Waals surface area (Å²) in [6.45, 7) is 10.1. The second-order valence-corrected chi connectivity index (χ2v) is 6.89. The van der Waals surface area contributed by atoms with Crippen LogP contribution in [-0.2, 0) is 4.79 Å². The summed E-state index contributed by atoms with van der Waals surface area (Å²) in [5.41, 5.74) is -0.751. The summed E-state index contributed by atoms with van der Waals surface area (Å²) in [7, 11) is 1.74. The van der Waals surface area contributed by atoms with Gasteiger partial charge in [0, 0.05) is 26.7 Å². The fraction of sp³-hybridized carbons (Fsp3) is 0.824. The summed E-state index contributed by atoms with van der Waals surface area (Å²) in [6, 6.07) is -0.291. The van der Waals surface area contributed by atoms with E-state index in [9.17, 15) is 9.59 Å². The third kappa shape index (κ3) is 5.69. The Bertz CT molecular complexity index is 464. The van der Waals surface area contributed by atoms with E-state index in [4.69, 9.17) is 0 Å². The molecule has 0 bridgehead atoms. The Hall–Kier alpha value is -1.79. The summed E-state index contributed by atoms with van der Waals surface area (Å²) in [5.74, 6) is 1.33. The van der Waals surface area contributed by atoms with Crippen molar-refractivity contribution in [1.29, 1.82) is 0 Å². The Labute approximate surface area is 145 Å². The molecule has 0 radical (unpaired) electrons. The van der Waals surface area contributed by atoms with Crippen molar-refractivity contribution in [3.63, 3.8) is 0 Å². The first-order chi connectivity index (χ1) is 11.3. The number of hydrogen-bond acceptors (Lipinski definition) is 3. The highest BCUT2D eigenvalue weighted by Crippen LogP contribution is 2.20. The summed E-state index contributed by atoms with van der Waals surface area (Å²) in [4.78, 5) is 29.7. The number of hydrogen-bond donors (Lipinski definition) is 3. The molecule has 1 unspecified atom stereocenters. The lowest BCUT2D eigenvalue weighted by Crippen LogP contribution is -2.43. The molecule has 1 aliphatic heterocycles. The van der Waals surface area contributed by atoms with Gasteiger partial charge in [-0.2, -0.15) is 0 Å². The Morgan fingerprint density at radius 3 is 2.38 bits per heavy atom. The number of carbonyl (C=O) groups excluding carboxylic acids is 2. The first-order valence-electron chi connectivity index (χ1n) is 8.92. The van der Waals surface area contributed by atoms with Crippen LogP contribution in [-0.4, -0.2) is 55.0 Å². The van der Waals surface area contributed by atoms with Crippen molar-refractivity contribution in [3.05, 3.63) is 0 Å². The van der Waals surface area contributed by atoms with Crippen LogP contribution >= 0.6 is 0 Å². The Kier molecular flexibility index (Phi) is 8.01. The van der Waals surface area contributed by atoms with E-state index in [2.05, 4.69) is 34.8 Å². The zero-order chi connectivity index (χ0) is 18.2. The van der Waals surface area contributed by atoms with Crippen LogP contribution in [0.25, 0.3) is 0 Å². The first kappa shape index (κ1) is 20.3. The number of rotatable bonds is 9. The van der Waals surface area contributed by atoms with Crippen LogP contribution in [0.5, 0.6) is 0 Å². The molecule has 0 spiro atoms. The smallest absolute Gasteiger partial charge is 0.325 e. The molecule has 0 aromatic carbocycles. The molecule has 3 amide bonds. The molecular formula is C17H33N5O2. The van der Waals surface area contributed by atoms with Crippen molar-refractivity contribution < 1.29 is 9.59 Å². The minimum absolute atomic E-state index is 0.133. The number of nitrogens with one attached hydrogen (secondary N) is 3. The predicted molar refractivity (Wildman–Crippen MR) is 97.0 cm³/mol. The molecule has 0 saturated carbocycles. The molecule has 0 aromatic rings. The van der Waals surface area contributed by atoms with Gasteiger partial charge in [-0.1, -0.05) is 20.8 Å². The molecule has 1 aliphatic rings. The fourth-order valence-corrected chi connectivity index (χ4v) is 2.57. The number of guanidine groups is 1. The molecule has 1 fully saturated rings. The minimum Gasteiger partial charge on any atom is -0.356 e. The maximum absolute atomic E-state index is 12.3. The summed E-state index contributed by atoms with van der Waals surface area (Å²) in [5, 5.41) is 9.25. The van der Waals surface area contributed by atoms with Gasteiger partial charge in [-0.25, -0.2) is 4.79 Å². The highest BCUT2D eigenvalue weighted by atomic mass is 16.2. The van der Waals surface area contributed by atoms with Gasteiger partial charge in [-0.05, 0) is 38.5 Å². The molecule has 1 atom stereocenters. The molecule has 0 aromatic heterocycles. The third-order valence-corrected chi connectivity index (χ3v) is 4.38. The molecule has 1 heterocycles. The first-order valence-corrected chi connectivity index (χ1v) is 8.92. The van der Waals surface area contributed by atoms with Gasteiger partial charge in [0.1, 0.15) is 5.54 Å². The minimum atomic E-state index is -0.751. The molecule has 1 saturated heterocycles. The van der Waals surface area contributed by atoms with Crippen LogP contribution < -0.4 is 16.0 Å². The van der Waals surface area contributed by atoms with Crippen molar-refractivity contribution in [2.24, 2.45) is 10.9 Å². The molecule has 24 heavy (non-hydrogen) atoms. The van der Waals surface area contributed by atoms with E-state index in [1.165, 1.54) is 11.3 Å². The van der Waals surface area contributed by atoms with Crippen molar-refractivity contribution in [2.45, 2.75) is 58.9 Å². The van der Waals surface area contributed by atoms with E-state index < -0.39 is 5.54 Å². The van der Waals surface area contributed by atoms with E-state index in [0.29, 0.717) is 31.8 Å². The second kappa shape index (κ2) is 9.49. The van der Waals surface area contributed by atoms with Crippen LogP contribution in [0.2, 0.25) is 0 Å². The van der Waals surface area contributed by atoms with E-state index in [1.54, 1.807) is 14.0 Å². The van der Waals surface area contributed by atoms with E-state index in [-0.39, 0.29) is 11.9 Å². The highest BCUT2D eigenvalue weighted by Gasteiger charge is 2.45. The number of nitrogens with zero attached hydrogens (tertiary/aromatic N) is 2. The van der Waals surface area contributed by atoms with Crippen molar-refractivity contribution in [1.82, 2.24) is 20.9 Å². The average Bonchev–Trinajstić information content (AvgIpc) is 2.76. The van der Waals surface area contributed by atoms with Crippen LogP contribution in [0.1, 0.15) is 53.4 Å². The standard InChI is InChI=1S/C17H33N5O2/c1-6-17(4)14(23)22(16(24)21-17)12-8-11-20-15(18-5)19-10-7-9-13(2)3/h13H,6-12H2,1-5H3,(H,21,24)(H2,18,19,20). The van der Waals surface area contributed by atoms with Gasteiger partial charge >= 0.3 is 6.03 Å². The van der Waals surface area contributed by atoms with Crippen LogP contribution in [0.15, 0.2) is 4.99 Å². The topological polar surface area (TPSA) is 85.8 Å². The molecule has 3 N–H and O–H groups in total. The lowest BCUT2D eigenvalue weighted by atomic mass is 9.99. The van der Waals surface area contributed by atoms with Crippen LogP contribution in [0.4, 0.5) is 4.79 Å². The maximum atomic E-state index is 12.3. The monoisotopic (exact) mass is 339 g/mol. The summed E-state index contributed by atoms with van der Waals surface area (Å²) in [6.07, 6.45) is 3.58. The number of imide groups is 1. The van der Waals surface area contributed by atoms with E-state index in [0.717, 1.165) is 18.9 Å². The molecule has 0 aliphatic carbocycles. The SMILES string of the molecule is CCC1(C)NC(=O)N(CCCNC(=NC)NCCCC(C)C)C1=O. The zero-order valence-corrected chi connectivity index (χ0v) is 15.7. The summed E-state index contributed by atoms with van der Waals surface area (Å²) < 4.78 is 0. The largest absolute Gasteiger partial charge is 0.356 e. The Morgan fingerprint density at radius 2 is 1.88 bits per heavy atom. The zero-order valence-electron chi connectivity index (χ0n) is 15.7. The molecule has 138 valence electrons. The second-order valence-electron chi connectivity index (χ2n) is 6.89. The van der Waals surface area contributed by atoms with Gasteiger partial charge in [0.15, 0.2) is 5.96 Å². The van der Waals surface area contributed by atoms with Crippen LogP contribution in [0, 0.1) is 5.92 Å². The molecular weight excluding hydrogens is 306 g/mol. The molecule has 7 nitrogen and oxygen atoms in total. The van der Waals surface area contributed by atoms with Crippen molar-refractivity contribution >= 4 is 17.9 Å². The van der Waals surface area contributed by atoms with Crippen LogP contribution in [0.3, 0.4) is 0 Å². The van der Waals surface area contributed by atoms with Crippen molar-refractivity contribution in [2.75, 3.05) is 26.7 Å². The average molecular weight is 339 g/mol. The normalized spacial score (nSPS) is 21.4. The van der Waals surface area contributed by atoms with Crippen molar-refractivity contribution in [3.8, 4) is 0 Å². The number of amides is 3. The lowest BCUT2D eigenvalue weighted by molar-refractivity contribution is -0.130. The van der Waals surface area contributed by atoms with E-state index in [1.807, 2.05) is 6.92 Å². The van der Waals surface area contributed by atoms with Gasteiger partial charge in [0.2, 0.25) is 0 Å². The third-order valence-electron chi connectivity index (χ3n) is 4.38. The van der Waals surface area contributed by atoms with Gasteiger partial charge in [-0.15, -0.1) is 0 Å². The molecule has 1 rings (SSSR count). The van der Waals surface area contributed by atoms with Gasteiger partial charge in [-0.3, -0.25) is 14.7 Å².